The van der Waals surface area contributed by atoms with Gasteiger partial charge in [-0.2, -0.15) is 0 Å². The van der Waals surface area contributed by atoms with Gasteiger partial charge in [0, 0.05) is 17.9 Å². The van der Waals surface area contributed by atoms with Gasteiger partial charge in [0.2, 0.25) is 5.95 Å². The number of thiophene rings is 1. The minimum Gasteiger partial charge on any atom is -0.386 e. The van der Waals surface area contributed by atoms with E-state index in [2.05, 4.69) is 15.3 Å². The SMILES string of the molecule is CC(C)c1cn(C)c(=O)c2c(Cl)c(-c3nc(N[C@@H]4C[C@H]5CO[C@H](O5)[C@H]4O)ncc3F)sc12. The molecule has 3 aromatic heterocycles. The van der Waals surface area contributed by atoms with Gasteiger partial charge in [0.15, 0.2) is 12.1 Å². The van der Waals surface area contributed by atoms with Crippen LogP contribution in [0.2, 0.25) is 5.02 Å². The highest BCUT2D eigenvalue weighted by atomic mass is 35.5. The van der Waals surface area contributed by atoms with E-state index >= 15 is 0 Å². The number of aromatic nitrogens is 3. The lowest BCUT2D eigenvalue weighted by molar-refractivity contribution is -0.156. The van der Waals surface area contributed by atoms with Crippen LogP contribution in [0.25, 0.3) is 20.7 Å². The van der Waals surface area contributed by atoms with Gasteiger partial charge >= 0.3 is 0 Å². The second-order valence-corrected chi connectivity index (χ2v) is 9.83. The molecule has 0 amide bonds. The Hall–Kier alpha value is -2.11. The number of aliphatic hydroxyl groups is 1. The molecule has 2 aliphatic heterocycles. The van der Waals surface area contributed by atoms with Gasteiger partial charge < -0.3 is 24.5 Å². The average Bonchev–Trinajstić information content (AvgIpc) is 3.32. The van der Waals surface area contributed by atoms with Crippen LogP contribution >= 0.6 is 22.9 Å². The molecule has 2 bridgehead atoms. The maximum atomic E-state index is 14.8. The Morgan fingerprint density at radius 2 is 2.22 bits per heavy atom. The molecule has 32 heavy (non-hydrogen) atoms. The van der Waals surface area contributed by atoms with Crippen molar-refractivity contribution in [3.05, 3.63) is 39.2 Å². The van der Waals surface area contributed by atoms with Crippen molar-refractivity contribution in [3.63, 3.8) is 0 Å². The van der Waals surface area contributed by atoms with Gasteiger partial charge in [-0.25, -0.2) is 14.4 Å². The summed E-state index contributed by atoms with van der Waals surface area (Å²) in [4.78, 5) is 21.5. The van der Waals surface area contributed by atoms with Crippen molar-refractivity contribution in [2.24, 2.45) is 7.05 Å². The molecule has 8 nitrogen and oxygen atoms in total. The summed E-state index contributed by atoms with van der Waals surface area (Å²) in [5, 5.41) is 14.0. The Bertz CT molecular complexity index is 1260. The molecule has 4 atom stereocenters. The predicted octanol–water partition coefficient (Wildman–Crippen LogP) is 3.26. The molecule has 11 heteroatoms. The monoisotopic (exact) mass is 480 g/mol. The van der Waals surface area contributed by atoms with Crippen LogP contribution in [-0.4, -0.2) is 50.8 Å². The molecule has 2 fully saturated rings. The number of hydrogen-bond acceptors (Lipinski definition) is 8. The topological polar surface area (TPSA) is 98.5 Å². The van der Waals surface area contributed by atoms with Crippen LogP contribution in [0, 0.1) is 5.82 Å². The Labute approximate surface area is 192 Å². The van der Waals surface area contributed by atoms with E-state index in [9.17, 15) is 14.3 Å². The molecule has 0 radical (unpaired) electrons. The fraction of sp³-hybridized carbons (Fsp3) is 0.476. The summed E-state index contributed by atoms with van der Waals surface area (Å²) in [7, 11) is 1.67. The van der Waals surface area contributed by atoms with Crippen molar-refractivity contribution in [1.29, 1.82) is 0 Å². The zero-order valence-corrected chi connectivity index (χ0v) is 19.2. The number of halogens is 2. The largest absolute Gasteiger partial charge is 0.386 e. The van der Waals surface area contributed by atoms with Gasteiger partial charge in [0.25, 0.3) is 5.56 Å². The molecule has 0 saturated carbocycles. The lowest BCUT2D eigenvalue weighted by atomic mass is 10.0. The number of rotatable bonds is 4. The Morgan fingerprint density at radius 3 is 2.97 bits per heavy atom. The number of ether oxygens (including phenoxy) is 2. The van der Waals surface area contributed by atoms with Crippen LogP contribution in [-0.2, 0) is 16.5 Å². The van der Waals surface area contributed by atoms with E-state index in [1.165, 1.54) is 15.9 Å². The second-order valence-electron chi connectivity index (χ2n) is 8.43. The summed E-state index contributed by atoms with van der Waals surface area (Å²) in [6, 6.07) is -0.405. The molecule has 2 aliphatic rings. The van der Waals surface area contributed by atoms with Crippen LogP contribution < -0.4 is 10.9 Å². The lowest BCUT2D eigenvalue weighted by Crippen LogP contribution is -2.48. The predicted molar refractivity (Wildman–Crippen MR) is 120 cm³/mol. The number of nitrogens with zero attached hydrogens (tertiary/aromatic N) is 3. The van der Waals surface area contributed by atoms with E-state index < -0.39 is 24.3 Å². The van der Waals surface area contributed by atoms with Gasteiger partial charge in [0.1, 0.15) is 11.8 Å². The van der Waals surface area contributed by atoms with E-state index in [1.807, 2.05) is 13.8 Å². The van der Waals surface area contributed by atoms with Gasteiger partial charge in [-0.3, -0.25) is 4.79 Å². The number of aliphatic hydroxyl groups excluding tert-OH is 1. The first-order valence-corrected chi connectivity index (χ1v) is 11.5. The summed E-state index contributed by atoms with van der Waals surface area (Å²) in [5.41, 5.74) is 0.714. The number of nitrogens with one attached hydrogen (secondary N) is 1. The Balaban J connectivity index is 1.57. The third-order valence-corrected chi connectivity index (χ3v) is 7.59. The maximum absolute atomic E-state index is 14.8. The summed E-state index contributed by atoms with van der Waals surface area (Å²) >= 11 is 7.85. The van der Waals surface area contributed by atoms with Gasteiger partial charge in [-0.05, 0) is 17.9 Å². The number of aryl methyl sites for hydroxylation is 1. The summed E-state index contributed by atoms with van der Waals surface area (Å²) in [6.45, 7) is 4.46. The van der Waals surface area contributed by atoms with Crippen LogP contribution in [0.15, 0.2) is 17.2 Å². The molecule has 0 aliphatic carbocycles. The van der Waals surface area contributed by atoms with Crippen molar-refractivity contribution in [2.45, 2.75) is 50.7 Å². The summed E-state index contributed by atoms with van der Waals surface area (Å²) in [6.07, 6.45) is 1.63. The van der Waals surface area contributed by atoms with E-state index in [0.29, 0.717) is 23.3 Å². The molecule has 5 heterocycles. The lowest BCUT2D eigenvalue weighted by Gasteiger charge is -2.32. The second kappa shape index (κ2) is 8.03. The third-order valence-electron chi connectivity index (χ3n) is 5.86. The van der Waals surface area contributed by atoms with Gasteiger partial charge in [0.05, 0.1) is 40.2 Å². The highest BCUT2D eigenvalue weighted by Crippen LogP contribution is 2.43. The quantitative estimate of drug-likeness (QED) is 0.591. The van der Waals surface area contributed by atoms with Gasteiger partial charge in [-0.15, -0.1) is 11.3 Å². The highest BCUT2D eigenvalue weighted by Gasteiger charge is 2.43. The minimum absolute atomic E-state index is 0.00577. The highest BCUT2D eigenvalue weighted by molar-refractivity contribution is 7.23. The van der Waals surface area contributed by atoms with E-state index in [0.717, 1.165) is 16.5 Å². The molecule has 170 valence electrons. The van der Waals surface area contributed by atoms with Crippen LogP contribution in [0.3, 0.4) is 0 Å². The summed E-state index contributed by atoms with van der Waals surface area (Å²) in [5.74, 6) is -0.355. The Morgan fingerprint density at radius 1 is 1.44 bits per heavy atom. The molecule has 2 saturated heterocycles. The van der Waals surface area contributed by atoms with Crippen molar-refractivity contribution in [2.75, 3.05) is 11.9 Å². The van der Waals surface area contributed by atoms with E-state index in [-0.39, 0.29) is 34.2 Å². The third kappa shape index (κ3) is 3.50. The number of fused-ring (bicyclic) bond motifs is 3. The molecule has 0 aromatic carbocycles. The van der Waals surface area contributed by atoms with E-state index in [1.54, 1.807) is 13.2 Å². The normalized spacial score (nSPS) is 25.1. The van der Waals surface area contributed by atoms with Crippen LogP contribution in [0.4, 0.5) is 10.3 Å². The van der Waals surface area contributed by atoms with E-state index in [4.69, 9.17) is 21.1 Å². The molecule has 0 unspecified atom stereocenters. The zero-order valence-electron chi connectivity index (χ0n) is 17.6. The van der Waals surface area contributed by atoms with Crippen molar-refractivity contribution in [1.82, 2.24) is 14.5 Å². The molecule has 0 spiro atoms. The molecular formula is C21H22ClFN4O4S. The number of anilines is 1. The number of hydrogen-bond donors (Lipinski definition) is 2. The molecular weight excluding hydrogens is 459 g/mol. The standard InChI is InChI=1S/C21H22ClFN4O4S/c1-8(2)10-6-27(3)19(29)13-14(22)18(32-17(10)13)15-11(23)5-24-21(26-15)25-12-4-9-7-30-20(31-9)16(12)28/h5-6,8-9,12,16,20,28H,4,7H2,1-3H3,(H,24,25,26)/t9-,12+,16-,20+/m0/s1. The minimum atomic E-state index is -0.907. The molecule has 5 rings (SSSR count). The fourth-order valence-corrected chi connectivity index (χ4v) is 5.93. The van der Waals surface area contributed by atoms with Gasteiger partial charge in [-0.1, -0.05) is 25.4 Å². The van der Waals surface area contributed by atoms with Crippen molar-refractivity contribution >= 4 is 39.0 Å². The first-order valence-electron chi connectivity index (χ1n) is 10.3. The number of pyridine rings is 1. The maximum Gasteiger partial charge on any atom is 0.260 e. The molecule has 2 N–H and O–H groups in total. The summed E-state index contributed by atoms with van der Waals surface area (Å²) < 4.78 is 28.0. The fourth-order valence-electron chi connectivity index (χ4n) is 4.16. The molecule has 3 aromatic rings. The average molecular weight is 481 g/mol. The smallest absolute Gasteiger partial charge is 0.260 e. The first kappa shape index (κ1) is 21.7. The van der Waals surface area contributed by atoms with Crippen molar-refractivity contribution in [3.8, 4) is 10.6 Å². The van der Waals surface area contributed by atoms with Crippen LogP contribution in [0.5, 0.6) is 0 Å². The van der Waals surface area contributed by atoms with Crippen molar-refractivity contribution < 1.29 is 19.0 Å². The zero-order chi connectivity index (χ0) is 22.7. The first-order chi connectivity index (χ1) is 15.2. The van der Waals surface area contributed by atoms with Crippen LogP contribution in [0.1, 0.15) is 31.7 Å². The Kier molecular flexibility index (Phi) is 5.45.